The number of allylic oxidation sites excluding steroid dienone is 2. The van der Waals surface area contributed by atoms with Gasteiger partial charge in [-0.2, -0.15) is 0 Å². The summed E-state index contributed by atoms with van der Waals surface area (Å²) in [7, 11) is -0.370. The minimum Gasteiger partial charge on any atom is -1.00 e. The number of hydrogen-bond acceptors (Lipinski definition) is 1. The van der Waals surface area contributed by atoms with Gasteiger partial charge in [-0.05, 0) is 0 Å². The van der Waals surface area contributed by atoms with Gasteiger partial charge in [-0.1, -0.05) is 0 Å². The molecule has 9 fully saturated rings. The van der Waals surface area contributed by atoms with Crippen molar-refractivity contribution in [3.63, 3.8) is 0 Å². The number of amides is 1. The van der Waals surface area contributed by atoms with Crippen molar-refractivity contribution in [2.45, 2.75) is 44.7 Å². The van der Waals surface area contributed by atoms with Crippen LogP contribution in [0.3, 0.4) is 0 Å². The van der Waals surface area contributed by atoms with Crippen LogP contribution in [0.4, 0.5) is 0 Å². The molecule has 0 aromatic heterocycles. The maximum absolute atomic E-state index is 13.0. The Morgan fingerprint density at radius 3 is 2.64 bits per heavy atom. The molecule has 4 spiro atoms. The molecule has 6 heteroatoms. The molecule has 0 saturated heterocycles. The molecule has 0 aromatic rings. The van der Waals surface area contributed by atoms with Crippen molar-refractivity contribution < 1.29 is 50.3 Å². The summed E-state index contributed by atoms with van der Waals surface area (Å²) >= 11 is 1.88. The fourth-order valence-corrected chi connectivity index (χ4v) is 15.9. The van der Waals surface area contributed by atoms with E-state index in [0.717, 1.165) is 34.1 Å². The Balaban J connectivity index is 0.000000643. The van der Waals surface area contributed by atoms with Crippen molar-refractivity contribution in [2.75, 3.05) is 0 Å². The zero-order valence-electron chi connectivity index (χ0n) is 14.4. The summed E-state index contributed by atoms with van der Waals surface area (Å²) in [5.41, 5.74) is 9.88. The van der Waals surface area contributed by atoms with E-state index in [4.69, 9.17) is 0 Å². The Morgan fingerprint density at radius 2 is 2.00 bits per heavy atom. The van der Waals surface area contributed by atoms with Crippen LogP contribution in [0, 0.1) is 44.8 Å². The number of nitrogens with one attached hydrogen (secondary N) is 1. The summed E-state index contributed by atoms with van der Waals surface area (Å²) in [5.74, 6) is 3.36. The second-order valence-corrected chi connectivity index (χ2v) is 13.1. The van der Waals surface area contributed by atoms with Gasteiger partial charge >= 0.3 is 150 Å². The van der Waals surface area contributed by atoms with Gasteiger partial charge in [0.05, 0.1) is 0 Å². The van der Waals surface area contributed by atoms with Crippen LogP contribution in [0.25, 0.3) is 0 Å². The molecule has 129 valence electrons. The Kier molecular flexibility index (Phi) is 2.47. The predicted molar refractivity (Wildman–Crippen MR) is 83.4 cm³/mol. The quantitative estimate of drug-likeness (QED) is 0.453. The molecule has 1 amide bonds. The van der Waals surface area contributed by atoms with Crippen molar-refractivity contribution in [1.82, 2.24) is 3.80 Å². The fourth-order valence-electron chi connectivity index (χ4n) is 11.4. The molecule has 0 radical (unpaired) electrons. The molecule has 6 bridgehead atoms. The van der Waals surface area contributed by atoms with Crippen LogP contribution in [0.5, 0.6) is 0 Å². The number of rotatable bonds is 2. The summed E-state index contributed by atoms with van der Waals surface area (Å²) in [6.07, 6.45) is 4.08. The maximum Gasteiger partial charge on any atom is -1.00 e. The molecule has 10 aliphatic rings. The van der Waals surface area contributed by atoms with Crippen LogP contribution in [-0.2, 0) is 25.5 Å². The zero-order chi connectivity index (χ0) is 15.4. The van der Waals surface area contributed by atoms with E-state index in [0.29, 0.717) is 16.7 Å². The molecule has 1 aliphatic heterocycles. The van der Waals surface area contributed by atoms with Gasteiger partial charge in [0, 0.05) is 0 Å². The van der Waals surface area contributed by atoms with E-state index >= 15 is 0 Å². The largest absolute Gasteiger partial charge is 1.00 e. The van der Waals surface area contributed by atoms with Crippen LogP contribution >= 0.6 is 0 Å². The second kappa shape index (κ2) is 3.73. The van der Waals surface area contributed by atoms with E-state index in [1.807, 2.05) is 20.7 Å². The standard InChI is InChI=1S/C19H21NOSi.2ClH.Ti/c1-8-5-22(6-9(8)2)11-10-3-15(14(20)21)7-16(11)12-18(15)13-17(18,4-10)19(12,13)16;;;/h5,10-13H,3-4,6-7H2,1-2H3,(H2,20,21);2*1H;/q;;;+3/p-3. The molecule has 9 aliphatic carbocycles. The summed E-state index contributed by atoms with van der Waals surface area (Å²) in [6, 6.07) is 1.42. The number of halogens is 2. The van der Waals surface area contributed by atoms with E-state index in [-0.39, 0.29) is 38.6 Å². The molecule has 1 N–H and O–H groups in total. The first-order chi connectivity index (χ1) is 11.0. The van der Waals surface area contributed by atoms with E-state index in [2.05, 4.69) is 23.3 Å². The van der Waals surface area contributed by atoms with Crippen LogP contribution in [0.2, 0.25) is 11.6 Å². The summed E-state index contributed by atoms with van der Waals surface area (Å²) < 4.78 is 3.10. The van der Waals surface area contributed by atoms with Crippen LogP contribution in [0.1, 0.15) is 33.1 Å². The number of carbonyl (C=O) groups excluding carboxylic acids is 1. The van der Waals surface area contributed by atoms with Crippen LogP contribution < -0.4 is 28.6 Å². The third-order valence-electron chi connectivity index (χ3n) is 10.9. The Morgan fingerprint density at radius 1 is 1.24 bits per heavy atom. The molecule has 9 atom stereocenters. The minimum atomic E-state index is -0.370. The monoisotopic (exact) mass is 424 g/mol. The first kappa shape index (κ1) is 16.5. The average molecular weight is 425 g/mol. The third kappa shape index (κ3) is 0.923. The zero-order valence-corrected chi connectivity index (χ0v) is 18.5. The van der Waals surface area contributed by atoms with Crippen molar-refractivity contribution in [3.05, 3.63) is 11.1 Å². The van der Waals surface area contributed by atoms with E-state index in [9.17, 15) is 4.79 Å². The Bertz CT molecular complexity index is 904. The Labute approximate surface area is 174 Å². The summed E-state index contributed by atoms with van der Waals surface area (Å²) in [4.78, 5) is 13.0. The van der Waals surface area contributed by atoms with E-state index in [1.54, 1.807) is 11.1 Å². The average Bonchev–Trinajstić information content (AvgIpc) is 3.27. The van der Waals surface area contributed by atoms with Gasteiger partial charge in [-0.15, -0.1) is 0 Å². The minimum absolute atomic E-state index is 0. The van der Waals surface area contributed by atoms with Crippen molar-refractivity contribution in [3.8, 4) is 0 Å². The van der Waals surface area contributed by atoms with Gasteiger partial charge < -0.3 is 24.8 Å². The van der Waals surface area contributed by atoms with Crippen molar-refractivity contribution >= 4 is 20.0 Å². The maximum atomic E-state index is 13.0. The summed E-state index contributed by atoms with van der Waals surface area (Å²) in [5, 5.41) is 0. The molecular formula is C19H20Cl2NOSiTi. The fraction of sp³-hybridized carbons (Fsp3) is 0.789. The molecule has 25 heavy (non-hydrogen) atoms. The third-order valence-corrected chi connectivity index (χ3v) is 14.8. The van der Waals surface area contributed by atoms with Crippen LogP contribution in [-0.4, -0.2) is 20.0 Å². The van der Waals surface area contributed by atoms with Gasteiger partial charge in [0.15, 0.2) is 0 Å². The first-order valence-corrected chi connectivity index (χ1v) is 12.0. The molecule has 9 unspecified atom stereocenters. The second-order valence-electron chi connectivity index (χ2n) is 10.3. The SMILES string of the molecule is CC1=C(C)C[Si](C2C3CC4(C(=O)[NH][Ti+2])CC25C2C46C4C6(C3)C245)=C1.[Cl-].[Cl-]. The predicted octanol–water partition coefficient (Wildman–Crippen LogP) is -3.78. The molecular weight excluding hydrogens is 405 g/mol. The number of hydrogen-bond donors (Lipinski definition) is 1. The van der Waals surface area contributed by atoms with Gasteiger partial charge in [-0.25, -0.2) is 0 Å². The van der Waals surface area contributed by atoms with Crippen LogP contribution in [0.15, 0.2) is 11.1 Å². The van der Waals surface area contributed by atoms with Gasteiger partial charge in [-0.3, -0.25) is 0 Å². The molecule has 10 rings (SSSR count). The smallest absolute Gasteiger partial charge is 1.00 e. The first-order valence-electron chi connectivity index (χ1n) is 9.36. The molecule has 2 nitrogen and oxygen atoms in total. The normalized spacial score (nSPS) is 66.0. The van der Waals surface area contributed by atoms with Gasteiger partial charge in [0.25, 0.3) is 0 Å². The molecule has 0 aromatic carbocycles. The van der Waals surface area contributed by atoms with Gasteiger partial charge in [0.2, 0.25) is 0 Å². The van der Waals surface area contributed by atoms with E-state index in [1.165, 1.54) is 25.3 Å². The Hall–Kier alpha value is 0.591. The molecule has 9 saturated carbocycles. The summed E-state index contributed by atoms with van der Waals surface area (Å²) in [6.45, 7) is 4.70. The number of carbonyl (C=O) groups is 1. The van der Waals surface area contributed by atoms with Gasteiger partial charge in [0.1, 0.15) is 0 Å². The van der Waals surface area contributed by atoms with E-state index < -0.39 is 0 Å². The topological polar surface area (TPSA) is 29.1 Å². The van der Waals surface area contributed by atoms with Crippen molar-refractivity contribution in [2.24, 2.45) is 44.8 Å². The van der Waals surface area contributed by atoms with Crippen molar-refractivity contribution in [1.29, 1.82) is 0 Å². The molecule has 1 heterocycles.